The third-order valence-corrected chi connectivity index (χ3v) is 7.55. The van der Waals surface area contributed by atoms with Gasteiger partial charge < -0.3 is 11.1 Å². The molecule has 2 unspecified atom stereocenters. The maximum Gasteiger partial charge on any atom is 0.416 e. The summed E-state index contributed by atoms with van der Waals surface area (Å²) in [5, 5.41) is 3.31. The third-order valence-electron chi connectivity index (χ3n) is 6.75. The Labute approximate surface area is 240 Å². The molecule has 4 aromatic rings. The van der Waals surface area contributed by atoms with Gasteiger partial charge in [-0.3, -0.25) is 14.3 Å². The molecule has 1 aromatic heterocycles. The van der Waals surface area contributed by atoms with E-state index in [1.54, 1.807) is 0 Å². The van der Waals surface area contributed by atoms with Gasteiger partial charge >= 0.3 is 12.4 Å². The maximum absolute atomic E-state index is 15.7. The van der Waals surface area contributed by atoms with Crippen LogP contribution < -0.4 is 11.1 Å². The fourth-order valence-electron chi connectivity index (χ4n) is 5.04. The smallest absolute Gasteiger partial charge is 0.366 e. The van der Waals surface area contributed by atoms with Crippen molar-refractivity contribution in [3.63, 3.8) is 0 Å². The lowest BCUT2D eigenvalue weighted by molar-refractivity contribution is -0.137. The second-order valence-corrected chi connectivity index (χ2v) is 10.2. The van der Waals surface area contributed by atoms with Crippen LogP contribution in [0.5, 0.6) is 0 Å². The zero-order valence-electron chi connectivity index (χ0n) is 20.7. The molecule has 0 saturated carbocycles. The summed E-state index contributed by atoms with van der Waals surface area (Å²) in [6.45, 7) is 0. The minimum Gasteiger partial charge on any atom is -0.366 e. The lowest BCUT2D eigenvalue weighted by atomic mass is 9.85. The number of alkyl halides is 7. The fraction of sp³-hybridized carbons (Fsp3) is 0.192. The highest BCUT2D eigenvalue weighted by molar-refractivity contribution is 6.31. The van der Waals surface area contributed by atoms with E-state index in [2.05, 4.69) is 10.4 Å². The summed E-state index contributed by atoms with van der Waals surface area (Å²) in [5.41, 5.74) is -0.347. The number of carbonyl (C=O) groups is 2. The predicted molar refractivity (Wildman–Crippen MR) is 135 cm³/mol. The van der Waals surface area contributed by atoms with Crippen LogP contribution in [0.3, 0.4) is 0 Å². The minimum atomic E-state index is -5.11. The Kier molecular flexibility index (Phi) is 6.93. The molecule has 0 bridgehead atoms. The van der Waals surface area contributed by atoms with Crippen LogP contribution in [-0.4, -0.2) is 27.8 Å². The molecule has 3 aromatic carbocycles. The largest absolute Gasteiger partial charge is 0.416 e. The van der Waals surface area contributed by atoms with Crippen LogP contribution in [0.1, 0.15) is 54.5 Å². The molecule has 2 heterocycles. The fourth-order valence-corrected chi connectivity index (χ4v) is 5.53. The molecule has 42 heavy (non-hydrogen) atoms. The topological polar surface area (TPSA) is 90.0 Å². The number of primary amides is 1. The Bertz CT molecular complexity index is 1820. The molecule has 6 nitrogen and oxygen atoms in total. The normalized spacial score (nSPS) is 16.1. The molecule has 1 aliphatic rings. The first-order chi connectivity index (χ1) is 19.4. The molecule has 0 spiro atoms. The highest BCUT2D eigenvalue weighted by Crippen LogP contribution is 2.49. The average molecular weight is 637 g/mol. The van der Waals surface area contributed by atoms with Crippen molar-refractivity contribution in [1.82, 2.24) is 15.1 Å². The van der Waals surface area contributed by atoms with Gasteiger partial charge in [0.1, 0.15) is 17.2 Å². The van der Waals surface area contributed by atoms with Gasteiger partial charge in [0.2, 0.25) is 5.91 Å². The molecular formula is C26H14Cl2F8N4O2. The number of amides is 2. The van der Waals surface area contributed by atoms with Crippen LogP contribution in [-0.2, 0) is 13.2 Å². The van der Waals surface area contributed by atoms with E-state index >= 15 is 4.39 Å². The first-order valence-electron chi connectivity index (χ1n) is 11.6. The maximum atomic E-state index is 15.7. The molecule has 0 saturated heterocycles. The average Bonchev–Trinajstić information content (AvgIpc) is 3.39. The van der Waals surface area contributed by atoms with Crippen molar-refractivity contribution in [2.45, 2.75) is 23.8 Å². The zero-order valence-corrected chi connectivity index (χ0v) is 22.2. The summed E-state index contributed by atoms with van der Waals surface area (Å²) in [5.74, 6) is -4.92. The lowest BCUT2D eigenvalue weighted by Gasteiger charge is -2.21. The highest BCUT2D eigenvalue weighted by Gasteiger charge is 2.45. The van der Waals surface area contributed by atoms with E-state index in [-0.39, 0.29) is 33.8 Å². The van der Waals surface area contributed by atoms with Crippen molar-refractivity contribution in [2.75, 3.05) is 0 Å². The van der Waals surface area contributed by atoms with E-state index in [0.717, 1.165) is 36.0 Å². The Hall–Kier alpha value is -3.91. The zero-order chi connectivity index (χ0) is 31.0. The lowest BCUT2D eigenvalue weighted by Crippen LogP contribution is -2.21. The number of halogens is 10. The number of nitrogens with zero attached hydrogens (tertiary/aromatic N) is 2. The number of hydrogen-bond acceptors (Lipinski definition) is 3. The van der Waals surface area contributed by atoms with Crippen LogP contribution in [0.25, 0.3) is 22.0 Å². The number of nitrogens with one attached hydrogen (secondary N) is 1. The van der Waals surface area contributed by atoms with Gasteiger partial charge in [0.05, 0.1) is 28.4 Å². The first kappa shape index (κ1) is 29.6. The van der Waals surface area contributed by atoms with E-state index in [1.807, 2.05) is 0 Å². The molecule has 0 aliphatic carbocycles. The van der Waals surface area contributed by atoms with Gasteiger partial charge in [-0.1, -0.05) is 11.6 Å². The monoisotopic (exact) mass is 636 g/mol. The van der Waals surface area contributed by atoms with E-state index in [1.165, 1.54) is 0 Å². The molecule has 3 N–H and O–H groups in total. The van der Waals surface area contributed by atoms with Gasteiger partial charge in [0.15, 0.2) is 5.38 Å². The van der Waals surface area contributed by atoms with E-state index in [4.69, 9.17) is 28.9 Å². The van der Waals surface area contributed by atoms with Crippen LogP contribution in [0.2, 0.25) is 5.02 Å². The second kappa shape index (κ2) is 9.83. The van der Waals surface area contributed by atoms with Crippen molar-refractivity contribution in [1.29, 1.82) is 0 Å². The number of aromatic nitrogens is 2. The van der Waals surface area contributed by atoms with Crippen molar-refractivity contribution < 1.29 is 44.7 Å². The Morgan fingerprint density at radius 1 is 1.07 bits per heavy atom. The SMILES string of the molecule is Cn1nc2c3c(c(-c4c(F)cc(C(F)(F)F)cc4C(N)=O)cc2c1C(Cl)C(F)(F)F)C(c1cc(F)ccc1Cl)NC3=O. The summed E-state index contributed by atoms with van der Waals surface area (Å²) in [4.78, 5) is 25.7. The number of aryl methyl sites for hydroxylation is 1. The second-order valence-electron chi connectivity index (χ2n) is 9.34. The summed E-state index contributed by atoms with van der Waals surface area (Å²) >= 11 is 12.0. The standard InChI is InChI=1S/C26H14Cl2F8N4O2/c1-40-21(22(28)26(34,35)36)13-7-11(16-12(23(37)41)4-8(5-15(16)30)25(31,32)33)17-18(20(13)39-40)24(42)38-19(17)10-6-9(29)2-3-14(10)27/h2-7,19,22H,1H3,(H2,37,41)(H,38,42). The Morgan fingerprint density at radius 2 is 1.74 bits per heavy atom. The van der Waals surface area contributed by atoms with Gasteiger partial charge in [-0.05, 0) is 42.0 Å². The molecule has 16 heteroatoms. The van der Waals surface area contributed by atoms with Crippen LogP contribution in [0.4, 0.5) is 35.1 Å². The van der Waals surface area contributed by atoms with Gasteiger partial charge in [-0.2, -0.15) is 31.4 Å². The van der Waals surface area contributed by atoms with Gasteiger partial charge in [0.25, 0.3) is 5.91 Å². The van der Waals surface area contributed by atoms with E-state index in [0.29, 0.717) is 0 Å². The van der Waals surface area contributed by atoms with Crippen LogP contribution in [0.15, 0.2) is 36.4 Å². The van der Waals surface area contributed by atoms with Crippen LogP contribution >= 0.6 is 23.2 Å². The Balaban J connectivity index is 1.97. The molecule has 0 fully saturated rings. The number of nitrogens with two attached hydrogens (primary N) is 1. The molecule has 0 radical (unpaired) electrons. The van der Waals surface area contributed by atoms with Crippen molar-refractivity contribution in [2.24, 2.45) is 12.8 Å². The summed E-state index contributed by atoms with van der Waals surface area (Å²) in [7, 11) is 1.10. The van der Waals surface area contributed by atoms with Gasteiger partial charge in [0, 0.05) is 34.1 Å². The summed E-state index contributed by atoms with van der Waals surface area (Å²) < 4.78 is 112. The van der Waals surface area contributed by atoms with Crippen LogP contribution in [0, 0.1) is 11.6 Å². The van der Waals surface area contributed by atoms with Gasteiger partial charge in [-0.25, -0.2) is 8.78 Å². The highest BCUT2D eigenvalue weighted by atomic mass is 35.5. The summed E-state index contributed by atoms with van der Waals surface area (Å²) in [6.07, 6.45) is -10.1. The van der Waals surface area contributed by atoms with Crippen molar-refractivity contribution >= 4 is 45.9 Å². The molecule has 5 rings (SSSR count). The molecule has 2 atom stereocenters. The predicted octanol–water partition coefficient (Wildman–Crippen LogP) is 6.96. The molecule has 1 aliphatic heterocycles. The summed E-state index contributed by atoms with van der Waals surface area (Å²) in [6, 6.07) is 2.91. The number of rotatable bonds is 4. The van der Waals surface area contributed by atoms with E-state index in [9.17, 15) is 40.3 Å². The third kappa shape index (κ3) is 4.71. The Morgan fingerprint density at radius 3 is 2.33 bits per heavy atom. The number of carbonyl (C=O) groups excluding carboxylic acids is 2. The van der Waals surface area contributed by atoms with Crippen molar-refractivity contribution in [3.8, 4) is 11.1 Å². The molecule has 2 amide bonds. The van der Waals surface area contributed by atoms with Crippen molar-refractivity contribution in [3.05, 3.63) is 86.6 Å². The van der Waals surface area contributed by atoms with Gasteiger partial charge in [-0.15, -0.1) is 11.6 Å². The number of hydrogen-bond donors (Lipinski definition) is 2. The quantitative estimate of drug-likeness (QED) is 0.187. The first-order valence-corrected chi connectivity index (χ1v) is 12.4. The molecule has 220 valence electrons. The number of fused-ring (bicyclic) bond motifs is 3. The number of benzene rings is 3. The van der Waals surface area contributed by atoms with E-state index < -0.39 is 86.1 Å². The molecular weight excluding hydrogens is 623 g/mol. The minimum absolute atomic E-state index is 0.0664.